The van der Waals surface area contributed by atoms with Gasteiger partial charge in [-0.15, -0.1) is 0 Å². The summed E-state index contributed by atoms with van der Waals surface area (Å²) in [6.07, 6.45) is -0.485. The van der Waals surface area contributed by atoms with Crippen LogP contribution in [0.25, 0.3) is 0 Å². The van der Waals surface area contributed by atoms with Crippen LogP contribution < -0.4 is 0 Å². The number of nitro benzene ring substituents is 1. The van der Waals surface area contributed by atoms with Gasteiger partial charge in [0, 0.05) is 0 Å². The number of rotatable bonds is 2. The quantitative estimate of drug-likeness (QED) is 0.607. The molecule has 1 fully saturated rings. The molecular weight excluding hydrogens is 214 g/mol. The molecule has 0 aromatic heterocycles. The molecule has 16 heavy (non-hydrogen) atoms. The van der Waals surface area contributed by atoms with E-state index >= 15 is 0 Å². The predicted molar refractivity (Wildman–Crippen MR) is 54.3 cm³/mol. The first-order valence-corrected chi connectivity index (χ1v) is 4.86. The van der Waals surface area contributed by atoms with Crippen molar-refractivity contribution in [1.82, 2.24) is 0 Å². The number of para-hydroxylation sites is 1. The molecule has 6 nitrogen and oxygen atoms in total. The molecule has 1 heterocycles. The zero-order chi connectivity index (χ0) is 11.5. The van der Waals surface area contributed by atoms with E-state index in [-0.39, 0.29) is 18.0 Å². The summed E-state index contributed by atoms with van der Waals surface area (Å²) in [5.74, 6) is -0.350. The first-order valence-electron chi connectivity index (χ1n) is 4.86. The Morgan fingerprint density at radius 2 is 2.25 bits per heavy atom. The van der Waals surface area contributed by atoms with E-state index in [4.69, 9.17) is 9.47 Å². The van der Waals surface area contributed by atoms with Crippen LogP contribution >= 0.6 is 0 Å². The SMILES string of the molecule is O=[N+]([O-])c1c(O)cccc1C1COCCO1. The van der Waals surface area contributed by atoms with Gasteiger partial charge in [-0.1, -0.05) is 6.07 Å². The molecule has 1 atom stereocenters. The Bertz CT molecular complexity index is 400. The van der Waals surface area contributed by atoms with Crippen molar-refractivity contribution < 1.29 is 19.5 Å². The third-order valence-corrected chi connectivity index (χ3v) is 2.39. The van der Waals surface area contributed by atoms with E-state index in [0.717, 1.165) is 0 Å². The number of nitrogens with zero attached hydrogens (tertiary/aromatic N) is 1. The van der Waals surface area contributed by atoms with E-state index in [1.807, 2.05) is 0 Å². The largest absolute Gasteiger partial charge is 0.502 e. The highest BCUT2D eigenvalue weighted by molar-refractivity contribution is 5.52. The number of benzene rings is 1. The van der Waals surface area contributed by atoms with Gasteiger partial charge in [0.15, 0.2) is 5.75 Å². The molecule has 6 heteroatoms. The Hall–Kier alpha value is -1.66. The molecule has 1 N–H and O–H groups in total. The fraction of sp³-hybridized carbons (Fsp3) is 0.400. The predicted octanol–water partition coefficient (Wildman–Crippen LogP) is 1.39. The second-order valence-corrected chi connectivity index (χ2v) is 3.41. The summed E-state index contributed by atoms with van der Waals surface area (Å²) in [4.78, 5) is 10.2. The zero-order valence-electron chi connectivity index (χ0n) is 8.46. The average molecular weight is 225 g/mol. The molecule has 0 radical (unpaired) electrons. The summed E-state index contributed by atoms with van der Waals surface area (Å²) in [6, 6.07) is 4.40. The molecule has 0 aliphatic carbocycles. The first-order chi connectivity index (χ1) is 7.70. The Morgan fingerprint density at radius 3 is 2.88 bits per heavy atom. The van der Waals surface area contributed by atoms with Crippen molar-refractivity contribution in [3.05, 3.63) is 33.9 Å². The maximum Gasteiger partial charge on any atom is 0.316 e. The summed E-state index contributed by atoms with van der Waals surface area (Å²) >= 11 is 0. The smallest absolute Gasteiger partial charge is 0.316 e. The molecule has 0 bridgehead atoms. The Morgan fingerprint density at radius 1 is 1.44 bits per heavy atom. The summed E-state index contributed by atoms with van der Waals surface area (Å²) < 4.78 is 10.6. The maximum atomic E-state index is 10.8. The highest BCUT2D eigenvalue weighted by Gasteiger charge is 2.27. The normalized spacial score (nSPS) is 20.6. The standard InChI is InChI=1S/C10H11NO5/c12-8-3-1-2-7(10(8)11(13)14)9-6-15-4-5-16-9/h1-3,9,12H,4-6H2. The zero-order valence-corrected chi connectivity index (χ0v) is 8.46. The fourth-order valence-electron chi connectivity index (χ4n) is 1.67. The highest BCUT2D eigenvalue weighted by atomic mass is 16.6. The number of ether oxygens (including phenoxy) is 2. The topological polar surface area (TPSA) is 81.8 Å². The van der Waals surface area contributed by atoms with Gasteiger partial charge >= 0.3 is 5.69 Å². The summed E-state index contributed by atoms with van der Waals surface area (Å²) in [5, 5.41) is 20.3. The molecule has 1 aromatic carbocycles. The minimum Gasteiger partial charge on any atom is -0.502 e. The third kappa shape index (κ3) is 1.98. The van der Waals surface area contributed by atoms with Crippen LogP contribution in [-0.4, -0.2) is 29.9 Å². The molecule has 1 unspecified atom stereocenters. The van der Waals surface area contributed by atoms with Gasteiger partial charge in [0.25, 0.3) is 0 Å². The molecule has 0 amide bonds. The lowest BCUT2D eigenvalue weighted by Crippen LogP contribution is -2.22. The number of nitro groups is 1. The summed E-state index contributed by atoms with van der Waals surface area (Å²) in [5.41, 5.74) is 0.0442. The molecule has 1 saturated heterocycles. The monoisotopic (exact) mass is 225 g/mol. The number of aromatic hydroxyl groups is 1. The second-order valence-electron chi connectivity index (χ2n) is 3.41. The van der Waals surface area contributed by atoms with E-state index in [9.17, 15) is 15.2 Å². The minimum atomic E-state index is -0.608. The van der Waals surface area contributed by atoms with Gasteiger partial charge in [-0.3, -0.25) is 10.1 Å². The summed E-state index contributed by atoms with van der Waals surface area (Å²) in [6.45, 7) is 1.16. The van der Waals surface area contributed by atoms with Crippen LogP contribution in [0.4, 0.5) is 5.69 Å². The minimum absolute atomic E-state index is 0.268. The van der Waals surface area contributed by atoms with E-state index in [1.54, 1.807) is 12.1 Å². The number of phenols is 1. The second kappa shape index (κ2) is 4.46. The van der Waals surface area contributed by atoms with Crippen LogP contribution in [0.15, 0.2) is 18.2 Å². The maximum absolute atomic E-state index is 10.8. The van der Waals surface area contributed by atoms with Crippen molar-refractivity contribution in [2.24, 2.45) is 0 Å². The average Bonchev–Trinajstić information content (AvgIpc) is 2.29. The van der Waals surface area contributed by atoms with Crippen LogP contribution in [0, 0.1) is 10.1 Å². The number of phenolic OH excluding ortho intramolecular Hbond substituents is 1. The third-order valence-electron chi connectivity index (χ3n) is 2.39. The van der Waals surface area contributed by atoms with Gasteiger partial charge < -0.3 is 14.6 Å². The lowest BCUT2D eigenvalue weighted by atomic mass is 10.1. The number of hydrogen-bond acceptors (Lipinski definition) is 5. The van der Waals surface area contributed by atoms with E-state index in [2.05, 4.69) is 0 Å². The van der Waals surface area contributed by atoms with Crippen molar-refractivity contribution in [2.45, 2.75) is 6.10 Å². The van der Waals surface area contributed by atoms with E-state index < -0.39 is 11.0 Å². The fourth-order valence-corrected chi connectivity index (χ4v) is 1.67. The molecular formula is C10H11NO5. The van der Waals surface area contributed by atoms with Gasteiger partial charge in [0.05, 0.1) is 30.3 Å². The Balaban J connectivity index is 2.38. The van der Waals surface area contributed by atoms with Crippen LogP contribution in [0.5, 0.6) is 5.75 Å². The highest BCUT2D eigenvalue weighted by Crippen LogP contribution is 2.35. The molecule has 86 valence electrons. The number of hydrogen-bond donors (Lipinski definition) is 1. The lowest BCUT2D eigenvalue weighted by Gasteiger charge is -2.23. The van der Waals surface area contributed by atoms with Gasteiger partial charge in [-0.25, -0.2) is 0 Å². The first kappa shape index (κ1) is 10.8. The van der Waals surface area contributed by atoms with Crippen molar-refractivity contribution in [1.29, 1.82) is 0 Å². The van der Waals surface area contributed by atoms with E-state index in [1.165, 1.54) is 6.07 Å². The van der Waals surface area contributed by atoms with Gasteiger partial charge in [0.1, 0.15) is 6.10 Å². The van der Waals surface area contributed by atoms with Gasteiger partial charge in [-0.05, 0) is 12.1 Å². The van der Waals surface area contributed by atoms with Crippen molar-refractivity contribution in [3.8, 4) is 5.75 Å². The molecule has 0 spiro atoms. The Kier molecular flexibility index (Phi) is 3.02. The van der Waals surface area contributed by atoms with E-state index in [0.29, 0.717) is 18.8 Å². The van der Waals surface area contributed by atoms with Crippen LogP contribution in [0.1, 0.15) is 11.7 Å². The van der Waals surface area contributed by atoms with Crippen LogP contribution in [0.2, 0.25) is 0 Å². The van der Waals surface area contributed by atoms with Crippen LogP contribution in [0.3, 0.4) is 0 Å². The van der Waals surface area contributed by atoms with Gasteiger partial charge in [0.2, 0.25) is 0 Å². The molecule has 0 saturated carbocycles. The van der Waals surface area contributed by atoms with Crippen molar-refractivity contribution in [2.75, 3.05) is 19.8 Å². The lowest BCUT2D eigenvalue weighted by molar-refractivity contribution is -0.387. The summed E-state index contributed by atoms with van der Waals surface area (Å²) in [7, 11) is 0. The van der Waals surface area contributed by atoms with Crippen LogP contribution in [-0.2, 0) is 9.47 Å². The molecule has 1 aromatic rings. The van der Waals surface area contributed by atoms with Gasteiger partial charge in [-0.2, -0.15) is 0 Å². The van der Waals surface area contributed by atoms with Crippen molar-refractivity contribution in [3.63, 3.8) is 0 Å². The Labute approximate surface area is 91.6 Å². The molecule has 2 rings (SSSR count). The van der Waals surface area contributed by atoms with Crippen molar-refractivity contribution >= 4 is 5.69 Å². The molecule has 1 aliphatic rings. The molecule has 1 aliphatic heterocycles.